The predicted molar refractivity (Wildman–Crippen MR) is 85.1 cm³/mol. The van der Waals surface area contributed by atoms with Gasteiger partial charge < -0.3 is 5.32 Å². The molecule has 0 aliphatic heterocycles. The third kappa shape index (κ3) is 3.35. The van der Waals surface area contributed by atoms with E-state index in [0.717, 1.165) is 29.4 Å². The first-order valence-electron chi connectivity index (χ1n) is 7.10. The van der Waals surface area contributed by atoms with Crippen LogP contribution in [0.1, 0.15) is 39.0 Å². The second-order valence-electron chi connectivity index (χ2n) is 6.11. The van der Waals surface area contributed by atoms with Crippen molar-refractivity contribution in [2.24, 2.45) is 0 Å². The summed E-state index contributed by atoms with van der Waals surface area (Å²) in [7, 11) is 0. The van der Waals surface area contributed by atoms with Gasteiger partial charge in [-0.05, 0) is 13.8 Å². The third-order valence-corrected chi connectivity index (χ3v) is 3.16. The topological polar surface area (TPSA) is 37.8 Å². The Morgan fingerprint density at radius 1 is 1.05 bits per heavy atom. The van der Waals surface area contributed by atoms with Crippen LogP contribution in [0.3, 0.4) is 0 Å². The molecule has 0 unspecified atom stereocenters. The van der Waals surface area contributed by atoms with E-state index in [4.69, 9.17) is 4.98 Å². The van der Waals surface area contributed by atoms with Crippen molar-refractivity contribution in [3.8, 4) is 11.4 Å². The Kier molecular flexibility index (Phi) is 4.07. The monoisotopic (exact) mass is 269 g/mol. The minimum atomic E-state index is 0.00651. The molecule has 2 rings (SSSR count). The van der Waals surface area contributed by atoms with Gasteiger partial charge in [0.05, 0.1) is 5.69 Å². The zero-order valence-electron chi connectivity index (χ0n) is 13.0. The Morgan fingerprint density at radius 3 is 2.25 bits per heavy atom. The van der Waals surface area contributed by atoms with Crippen molar-refractivity contribution in [1.82, 2.24) is 9.97 Å². The van der Waals surface area contributed by atoms with Gasteiger partial charge in [0.25, 0.3) is 0 Å². The Labute approximate surface area is 121 Å². The fraction of sp³-hybridized carbons (Fsp3) is 0.412. The molecule has 2 aromatic rings. The van der Waals surface area contributed by atoms with Crippen molar-refractivity contribution in [3.63, 3.8) is 0 Å². The lowest BCUT2D eigenvalue weighted by molar-refractivity contribution is 0.568. The van der Waals surface area contributed by atoms with Crippen LogP contribution in [0.25, 0.3) is 11.4 Å². The minimum absolute atomic E-state index is 0.00651. The Balaban J connectivity index is 2.51. The second-order valence-corrected chi connectivity index (χ2v) is 6.11. The first-order valence-corrected chi connectivity index (χ1v) is 7.10. The first kappa shape index (κ1) is 14.5. The fourth-order valence-corrected chi connectivity index (χ4v) is 1.93. The molecule has 0 atom stereocenters. The highest BCUT2D eigenvalue weighted by Gasteiger charge is 2.18. The molecule has 1 N–H and O–H groups in total. The summed E-state index contributed by atoms with van der Waals surface area (Å²) in [5.41, 5.74) is 3.36. The van der Waals surface area contributed by atoms with Gasteiger partial charge in [0.1, 0.15) is 5.82 Å². The summed E-state index contributed by atoms with van der Waals surface area (Å²) in [4.78, 5) is 9.35. The lowest BCUT2D eigenvalue weighted by Gasteiger charge is -2.19. The zero-order chi connectivity index (χ0) is 14.8. The molecule has 3 heteroatoms. The van der Waals surface area contributed by atoms with Gasteiger partial charge in [-0.1, -0.05) is 50.6 Å². The van der Waals surface area contributed by atoms with Gasteiger partial charge in [-0.2, -0.15) is 0 Å². The summed E-state index contributed by atoms with van der Waals surface area (Å²) in [6.45, 7) is 11.5. The van der Waals surface area contributed by atoms with Crippen LogP contribution < -0.4 is 5.32 Å². The van der Waals surface area contributed by atoms with E-state index in [1.54, 1.807) is 0 Å². The molecule has 0 fully saturated rings. The molecule has 1 aromatic heterocycles. The molecular formula is C17H23N3. The normalized spacial score (nSPS) is 11.4. The highest BCUT2D eigenvalue weighted by molar-refractivity contribution is 5.58. The maximum atomic E-state index is 4.74. The average molecular weight is 269 g/mol. The van der Waals surface area contributed by atoms with Crippen molar-refractivity contribution in [2.75, 3.05) is 11.9 Å². The van der Waals surface area contributed by atoms with Gasteiger partial charge in [0.2, 0.25) is 0 Å². The van der Waals surface area contributed by atoms with Gasteiger partial charge in [0.15, 0.2) is 5.82 Å². The Bertz CT molecular complexity index is 580. The van der Waals surface area contributed by atoms with Crippen LogP contribution in [-0.2, 0) is 5.41 Å². The third-order valence-electron chi connectivity index (χ3n) is 3.16. The molecule has 0 bridgehead atoms. The van der Waals surface area contributed by atoms with Crippen LogP contribution >= 0.6 is 0 Å². The molecule has 0 amide bonds. The van der Waals surface area contributed by atoms with E-state index in [9.17, 15) is 0 Å². The number of aromatic nitrogens is 2. The molecule has 0 saturated carbocycles. The zero-order valence-corrected chi connectivity index (χ0v) is 13.0. The highest BCUT2D eigenvalue weighted by atomic mass is 15.0. The average Bonchev–Trinajstić information content (AvgIpc) is 2.38. The van der Waals surface area contributed by atoms with Gasteiger partial charge in [-0.3, -0.25) is 0 Å². The van der Waals surface area contributed by atoms with Gasteiger partial charge in [-0.25, -0.2) is 9.97 Å². The number of rotatable bonds is 3. The molecule has 0 aliphatic carbocycles. The van der Waals surface area contributed by atoms with E-state index < -0.39 is 0 Å². The maximum Gasteiger partial charge on any atom is 0.161 e. The quantitative estimate of drug-likeness (QED) is 0.908. The van der Waals surface area contributed by atoms with Crippen LogP contribution in [0.15, 0.2) is 30.3 Å². The van der Waals surface area contributed by atoms with E-state index in [0.29, 0.717) is 0 Å². The smallest absolute Gasteiger partial charge is 0.161 e. The summed E-state index contributed by atoms with van der Waals surface area (Å²) in [6, 6.07) is 10.4. The molecule has 0 spiro atoms. The van der Waals surface area contributed by atoms with E-state index in [1.807, 2.05) is 6.07 Å². The van der Waals surface area contributed by atoms with Gasteiger partial charge in [-0.15, -0.1) is 0 Å². The number of benzene rings is 1. The number of anilines is 1. The first-order chi connectivity index (χ1) is 9.40. The highest BCUT2D eigenvalue weighted by Crippen LogP contribution is 2.25. The molecule has 1 aromatic carbocycles. The van der Waals surface area contributed by atoms with E-state index in [1.165, 1.54) is 5.56 Å². The van der Waals surface area contributed by atoms with Crippen molar-refractivity contribution in [2.45, 2.75) is 40.0 Å². The standard InChI is InChI=1S/C17H23N3/c1-6-18-15-11-14(17(3,4)5)19-16(20-15)13-9-7-12(2)8-10-13/h7-11H,6H2,1-5H3,(H,18,19,20). The number of nitrogens with one attached hydrogen (secondary N) is 1. The maximum absolute atomic E-state index is 4.74. The van der Waals surface area contributed by atoms with Crippen molar-refractivity contribution in [3.05, 3.63) is 41.6 Å². The molecule has 0 radical (unpaired) electrons. The molecule has 1 heterocycles. The van der Waals surface area contributed by atoms with Gasteiger partial charge >= 0.3 is 0 Å². The number of hydrogen-bond acceptors (Lipinski definition) is 3. The summed E-state index contributed by atoms with van der Waals surface area (Å²) in [5.74, 6) is 1.68. The summed E-state index contributed by atoms with van der Waals surface area (Å²) < 4.78 is 0. The molecule has 0 saturated heterocycles. The molecule has 3 nitrogen and oxygen atoms in total. The minimum Gasteiger partial charge on any atom is -0.370 e. The van der Waals surface area contributed by atoms with Crippen molar-refractivity contribution in [1.29, 1.82) is 0 Å². The van der Waals surface area contributed by atoms with Gasteiger partial charge in [0, 0.05) is 23.6 Å². The molecule has 106 valence electrons. The van der Waals surface area contributed by atoms with E-state index in [2.05, 4.69) is 69.2 Å². The second kappa shape index (κ2) is 5.61. The van der Waals surface area contributed by atoms with E-state index >= 15 is 0 Å². The lowest BCUT2D eigenvalue weighted by atomic mass is 9.91. The van der Waals surface area contributed by atoms with Crippen LogP contribution in [0, 0.1) is 6.92 Å². The van der Waals surface area contributed by atoms with Crippen LogP contribution in [0.5, 0.6) is 0 Å². The SMILES string of the molecule is CCNc1cc(C(C)(C)C)nc(-c2ccc(C)cc2)n1. The Hall–Kier alpha value is -1.90. The summed E-state index contributed by atoms with van der Waals surface area (Å²) >= 11 is 0. The number of hydrogen-bond donors (Lipinski definition) is 1. The van der Waals surface area contributed by atoms with Crippen LogP contribution in [-0.4, -0.2) is 16.5 Å². The number of aryl methyl sites for hydroxylation is 1. The Morgan fingerprint density at radius 2 is 1.70 bits per heavy atom. The molecule has 20 heavy (non-hydrogen) atoms. The van der Waals surface area contributed by atoms with Crippen molar-refractivity contribution >= 4 is 5.82 Å². The fourth-order valence-electron chi connectivity index (χ4n) is 1.93. The molecular weight excluding hydrogens is 246 g/mol. The summed E-state index contributed by atoms with van der Waals surface area (Å²) in [6.07, 6.45) is 0. The number of nitrogens with zero attached hydrogens (tertiary/aromatic N) is 2. The molecule has 0 aliphatic rings. The largest absolute Gasteiger partial charge is 0.370 e. The van der Waals surface area contributed by atoms with Crippen LogP contribution in [0.4, 0.5) is 5.82 Å². The van der Waals surface area contributed by atoms with E-state index in [-0.39, 0.29) is 5.41 Å². The predicted octanol–water partition coefficient (Wildman–Crippen LogP) is 4.18. The van der Waals surface area contributed by atoms with Crippen molar-refractivity contribution < 1.29 is 0 Å². The van der Waals surface area contributed by atoms with Crippen LogP contribution in [0.2, 0.25) is 0 Å². The lowest BCUT2D eigenvalue weighted by Crippen LogP contribution is -2.16. The summed E-state index contributed by atoms with van der Waals surface area (Å²) in [5, 5.41) is 3.29.